The Morgan fingerprint density at radius 1 is 1.00 bits per heavy atom. The van der Waals surface area contributed by atoms with Crippen LogP contribution in [-0.4, -0.2) is 43.9 Å². The fourth-order valence-electron chi connectivity index (χ4n) is 3.51. The van der Waals surface area contributed by atoms with Crippen molar-refractivity contribution in [1.29, 1.82) is 0 Å². The van der Waals surface area contributed by atoms with Crippen LogP contribution < -0.4 is 5.32 Å². The summed E-state index contributed by atoms with van der Waals surface area (Å²) < 4.78 is 1.20. The number of aromatic carboxylic acids is 1. The summed E-state index contributed by atoms with van der Waals surface area (Å²) in [7, 11) is 1.48. The van der Waals surface area contributed by atoms with Crippen molar-refractivity contribution >= 4 is 17.8 Å². The van der Waals surface area contributed by atoms with Crippen LogP contribution in [0.5, 0.6) is 0 Å². The van der Waals surface area contributed by atoms with Crippen molar-refractivity contribution in [2.24, 2.45) is 13.0 Å². The topological polar surface area (TPSA) is 122 Å². The van der Waals surface area contributed by atoms with Crippen molar-refractivity contribution in [1.82, 2.24) is 15.1 Å². The number of nitrogens with zero attached hydrogens (tertiary/aromatic N) is 2. The molecule has 3 aromatic rings. The normalized spacial score (nSPS) is 12.7. The first-order valence-electron chi connectivity index (χ1n) is 10.2. The summed E-state index contributed by atoms with van der Waals surface area (Å²) in [4.78, 5) is 35.3. The molecule has 0 saturated carbocycles. The Morgan fingerprint density at radius 3 is 2.19 bits per heavy atom. The van der Waals surface area contributed by atoms with Crippen LogP contribution in [0, 0.1) is 5.92 Å². The number of carboxylic acid groups (broad SMARTS) is 2. The molecule has 1 heterocycles. The van der Waals surface area contributed by atoms with Gasteiger partial charge < -0.3 is 15.5 Å². The van der Waals surface area contributed by atoms with Crippen LogP contribution in [0.15, 0.2) is 60.7 Å². The van der Waals surface area contributed by atoms with Crippen LogP contribution in [0.1, 0.15) is 39.9 Å². The molecule has 0 aliphatic rings. The molecule has 166 valence electrons. The lowest BCUT2D eigenvalue weighted by molar-refractivity contribution is -0.141. The van der Waals surface area contributed by atoms with E-state index in [1.165, 1.54) is 17.8 Å². The largest absolute Gasteiger partial charge is 0.481 e. The maximum Gasteiger partial charge on any atom is 0.356 e. The standard InChI is InChI=1S/C24H25N3O5/c1-15(23(29)30)12-19(25-22(28)21-14-20(24(31)32)26-27(21)2)13-16-8-10-18(11-9-16)17-6-4-3-5-7-17/h3-11,14-15,19H,12-13H2,1-2H3,(H,25,28)(H,29,30)(H,31,32)/t15-,19+/m1/s1. The third-order valence-corrected chi connectivity index (χ3v) is 5.27. The SMILES string of the molecule is C[C@H](C[C@@H](Cc1ccc(-c2ccccc2)cc1)NC(=O)c1cc(C(=O)O)nn1C)C(=O)O. The van der Waals surface area contributed by atoms with Gasteiger partial charge in [-0.3, -0.25) is 14.3 Å². The molecule has 0 saturated heterocycles. The molecule has 3 rings (SSSR count). The lowest BCUT2D eigenvalue weighted by Gasteiger charge is -2.21. The molecular weight excluding hydrogens is 410 g/mol. The fraction of sp³-hybridized carbons (Fsp3) is 0.250. The van der Waals surface area contributed by atoms with Crippen molar-refractivity contribution in [2.75, 3.05) is 0 Å². The molecule has 8 nitrogen and oxygen atoms in total. The minimum Gasteiger partial charge on any atom is -0.481 e. The number of carboxylic acids is 2. The third-order valence-electron chi connectivity index (χ3n) is 5.27. The summed E-state index contributed by atoms with van der Waals surface area (Å²) in [5, 5.41) is 25.1. The number of hydrogen-bond acceptors (Lipinski definition) is 4. The smallest absolute Gasteiger partial charge is 0.356 e. The molecule has 2 atom stereocenters. The highest BCUT2D eigenvalue weighted by Gasteiger charge is 2.23. The van der Waals surface area contributed by atoms with E-state index in [4.69, 9.17) is 5.11 Å². The molecule has 0 bridgehead atoms. The van der Waals surface area contributed by atoms with E-state index in [0.29, 0.717) is 6.42 Å². The van der Waals surface area contributed by atoms with Crippen LogP contribution in [-0.2, 0) is 18.3 Å². The van der Waals surface area contributed by atoms with Gasteiger partial charge in [0.15, 0.2) is 5.69 Å². The van der Waals surface area contributed by atoms with Gasteiger partial charge in [0.25, 0.3) is 5.91 Å². The molecule has 0 spiro atoms. The average molecular weight is 435 g/mol. The molecule has 2 aromatic carbocycles. The van der Waals surface area contributed by atoms with E-state index in [9.17, 15) is 19.5 Å². The van der Waals surface area contributed by atoms with Gasteiger partial charge in [0.05, 0.1) is 5.92 Å². The van der Waals surface area contributed by atoms with Crippen molar-refractivity contribution in [3.8, 4) is 11.1 Å². The quantitative estimate of drug-likeness (QED) is 0.474. The number of aliphatic carboxylic acids is 1. The van der Waals surface area contributed by atoms with E-state index >= 15 is 0 Å². The molecule has 0 radical (unpaired) electrons. The second kappa shape index (κ2) is 9.91. The molecule has 0 aliphatic carbocycles. The highest BCUT2D eigenvalue weighted by atomic mass is 16.4. The molecule has 0 unspecified atom stereocenters. The molecular formula is C24H25N3O5. The van der Waals surface area contributed by atoms with E-state index in [1.807, 2.05) is 54.6 Å². The third kappa shape index (κ3) is 5.60. The van der Waals surface area contributed by atoms with Gasteiger partial charge in [0.2, 0.25) is 0 Å². The summed E-state index contributed by atoms with van der Waals surface area (Å²) in [6, 6.07) is 18.6. The molecule has 3 N–H and O–H groups in total. The second-order valence-electron chi connectivity index (χ2n) is 7.76. The Kier molecular flexibility index (Phi) is 7.04. The maximum absolute atomic E-state index is 12.8. The van der Waals surface area contributed by atoms with Gasteiger partial charge in [-0.05, 0) is 29.5 Å². The number of amides is 1. The zero-order chi connectivity index (χ0) is 23.3. The lowest BCUT2D eigenvalue weighted by atomic mass is 9.95. The maximum atomic E-state index is 12.8. The lowest BCUT2D eigenvalue weighted by Crippen LogP contribution is -2.39. The Hall–Kier alpha value is -3.94. The number of aromatic nitrogens is 2. The van der Waals surface area contributed by atoms with Crippen molar-refractivity contribution in [3.05, 3.63) is 77.6 Å². The van der Waals surface area contributed by atoms with E-state index in [1.54, 1.807) is 6.92 Å². The number of aryl methyl sites for hydroxylation is 1. The summed E-state index contributed by atoms with van der Waals surface area (Å²) >= 11 is 0. The van der Waals surface area contributed by atoms with Crippen LogP contribution in [0.2, 0.25) is 0 Å². The van der Waals surface area contributed by atoms with E-state index in [0.717, 1.165) is 16.7 Å². The highest BCUT2D eigenvalue weighted by Crippen LogP contribution is 2.21. The molecule has 0 fully saturated rings. The number of nitrogens with one attached hydrogen (secondary N) is 1. The van der Waals surface area contributed by atoms with Crippen molar-refractivity contribution in [3.63, 3.8) is 0 Å². The van der Waals surface area contributed by atoms with Crippen molar-refractivity contribution < 1.29 is 24.6 Å². The summed E-state index contributed by atoms with van der Waals surface area (Å²) in [5.41, 5.74) is 2.96. The Labute approximate surface area is 185 Å². The number of carbonyl (C=O) groups excluding carboxylic acids is 1. The van der Waals surface area contributed by atoms with Gasteiger partial charge >= 0.3 is 11.9 Å². The minimum absolute atomic E-state index is 0.0924. The first kappa shape index (κ1) is 22.7. The van der Waals surface area contributed by atoms with E-state index in [2.05, 4.69) is 10.4 Å². The predicted octanol–water partition coefficient (Wildman–Crippen LogP) is 3.24. The molecule has 0 aliphatic heterocycles. The van der Waals surface area contributed by atoms with Gasteiger partial charge in [-0.2, -0.15) is 5.10 Å². The van der Waals surface area contributed by atoms with Crippen LogP contribution >= 0.6 is 0 Å². The molecule has 1 amide bonds. The van der Waals surface area contributed by atoms with Crippen LogP contribution in [0.3, 0.4) is 0 Å². The predicted molar refractivity (Wildman–Crippen MR) is 118 cm³/mol. The summed E-state index contributed by atoms with van der Waals surface area (Å²) in [5.74, 6) is -3.34. The Balaban J connectivity index is 1.77. The average Bonchev–Trinajstić information content (AvgIpc) is 3.17. The second-order valence-corrected chi connectivity index (χ2v) is 7.76. The summed E-state index contributed by atoms with van der Waals surface area (Å²) in [6.45, 7) is 1.59. The van der Waals surface area contributed by atoms with Crippen molar-refractivity contribution in [2.45, 2.75) is 25.8 Å². The number of benzene rings is 2. The van der Waals surface area contributed by atoms with Gasteiger partial charge in [-0.15, -0.1) is 0 Å². The molecule has 8 heteroatoms. The Bertz CT molecular complexity index is 1110. The zero-order valence-corrected chi connectivity index (χ0v) is 17.9. The first-order valence-corrected chi connectivity index (χ1v) is 10.2. The number of hydrogen-bond donors (Lipinski definition) is 3. The van der Waals surface area contributed by atoms with Gasteiger partial charge in [0.1, 0.15) is 5.69 Å². The van der Waals surface area contributed by atoms with Gasteiger partial charge in [0, 0.05) is 19.2 Å². The first-order chi connectivity index (χ1) is 15.2. The molecule has 1 aromatic heterocycles. The van der Waals surface area contributed by atoms with Crippen LogP contribution in [0.25, 0.3) is 11.1 Å². The summed E-state index contributed by atoms with van der Waals surface area (Å²) in [6.07, 6.45) is 0.660. The number of rotatable bonds is 9. The monoisotopic (exact) mass is 435 g/mol. The van der Waals surface area contributed by atoms with Gasteiger partial charge in [-0.25, -0.2) is 4.79 Å². The number of carbonyl (C=O) groups is 3. The molecule has 32 heavy (non-hydrogen) atoms. The van der Waals surface area contributed by atoms with E-state index < -0.39 is 29.8 Å². The highest BCUT2D eigenvalue weighted by molar-refractivity contribution is 5.95. The minimum atomic E-state index is -1.23. The van der Waals surface area contributed by atoms with E-state index in [-0.39, 0.29) is 17.8 Å². The zero-order valence-electron chi connectivity index (χ0n) is 17.9. The fourth-order valence-corrected chi connectivity index (χ4v) is 3.51. The van der Waals surface area contributed by atoms with Crippen LogP contribution in [0.4, 0.5) is 0 Å². The van der Waals surface area contributed by atoms with Gasteiger partial charge in [-0.1, -0.05) is 61.5 Å². The Morgan fingerprint density at radius 2 is 1.62 bits per heavy atom.